The van der Waals surface area contributed by atoms with Crippen molar-refractivity contribution in [3.8, 4) is 0 Å². The van der Waals surface area contributed by atoms with Crippen LogP contribution in [0.4, 0.5) is 13.2 Å². The molecule has 1 N–H and O–H groups in total. The summed E-state index contributed by atoms with van der Waals surface area (Å²) in [6.45, 7) is 0.443. The topological polar surface area (TPSA) is 29.5 Å². The zero-order valence-electron chi connectivity index (χ0n) is 13.4. The number of ether oxygens (including phenoxy) is 1. The Labute approximate surface area is 138 Å². The van der Waals surface area contributed by atoms with Crippen LogP contribution in [0.25, 0.3) is 0 Å². The second-order valence-electron chi connectivity index (χ2n) is 6.16. The van der Waals surface area contributed by atoms with Crippen LogP contribution in [-0.2, 0) is 22.9 Å². The van der Waals surface area contributed by atoms with Gasteiger partial charge in [-0.2, -0.15) is 13.2 Å². The van der Waals surface area contributed by atoms with Gasteiger partial charge in [-0.1, -0.05) is 30.3 Å². The van der Waals surface area contributed by atoms with Crippen LogP contribution in [0.2, 0.25) is 0 Å². The lowest BCUT2D eigenvalue weighted by atomic mass is 9.72. The van der Waals surface area contributed by atoms with E-state index >= 15 is 0 Å². The van der Waals surface area contributed by atoms with Crippen molar-refractivity contribution in [3.63, 3.8) is 0 Å². The van der Waals surface area contributed by atoms with Crippen molar-refractivity contribution in [2.75, 3.05) is 13.7 Å². The summed E-state index contributed by atoms with van der Waals surface area (Å²) < 4.78 is 44.4. The van der Waals surface area contributed by atoms with Gasteiger partial charge in [-0.3, -0.25) is 0 Å². The van der Waals surface area contributed by atoms with Gasteiger partial charge in [-0.15, -0.1) is 0 Å². The molecule has 0 fully saturated rings. The molecule has 0 bridgehead atoms. The van der Waals surface area contributed by atoms with E-state index in [1.807, 2.05) is 12.1 Å². The molecule has 0 aliphatic heterocycles. The number of benzene rings is 2. The lowest BCUT2D eigenvalue weighted by Gasteiger charge is -2.37. The summed E-state index contributed by atoms with van der Waals surface area (Å²) >= 11 is 0. The van der Waals surface area contributed by atoms with E-state index in [1.54, 1.807) is 19.2 Å². The molecule has 0 aromatic heterocycles. The molecule has 128 valence electrons. The molecule has 0 spiro atoms. The lowest BCUT2D eigenvalue weighted by molar-refractivity contribution is -0.137. The molecule has 1 aliphatic carbocycles. The van der Waals surface area contributed by atoms with E-state index < -0.39 is 17.3 Å². The van der Waals surface area contributed by atoms with E-state index in [0.717, 1.165) is 23.3 Å². The molecule has 0 heterocycles. The van der Waals surface area contributed by atoms with Crippen molar-refractivity contribution in [1.82, 2.24) is 0 Å². The molecule has 2 aromatic carbocycles. The Kier molecular flexibility index (Phi) is 4.40. The molecule has 2 aromatic rings. The van der Waals surface area contributed by atoms with Gasteiger partial charge >= 0.3 is 6.18 Å². The van der Waals surface area contributed by atoms with Crippen LogP contribution in [0.3, 0.4) is 0 Å². The maximum atomic E-state index is 13.1. The molecule has 0 saturated carbocycles. The number of methoxy groups -OCH3 is 1. The second-order valence-corrected chi connectivity index (χ2v) is 6.16. The van der Waals surface area contributed by atoms with Gasteiger partial charge in [-0.25, -0.2) is 0 Å². The quantitative estimate of drug-likeness (QED) is 0.845. The molecule has 0 radical (unpaired) electrons. The van der Waals surface area contributed by atoms with Crippen molar-refractivity contribution in [2.45, 2.75) is 31.0 Å². The van der Waals surface area contributed by atoms with Crippen molar-refractivity contribution in [2.24, 2.45) is 0 Å². The van der Waals surface area contributed by atoms with Crippen LogP contribution in [-0.4, -0.2) is 18.8 Å². The number of alkyl halides is 3. The summed E-state index contributed by atoms with van der Waals surface area (Å²) in [7, 11) is 1.56. The average molecular weight is 336 g/mol. The van der Waals surface area contributed by atoms with Gasteiger partial charge in [0.2, 0.25) is 0 Å². The third kappa shape index (κ3) is 2.94. The van der Waals surface area contributed by atoms with E-state index in [4.69, 9.17) is 4.74 Å². The van der Waals surface area contributed by atoms with Crippen LogP contribution in [0, 0.1) is 0 Å². The molecule has 1 aliphatic rings. The number of rotatable bonds is 4. The first kappa shape index (κ1) is 17.0. The van der Waals surface area contributed by atoms with Crippen LogP contribution >= 0.6 is 0 Å². The monoisotopic (exact) mass is 336 g/mol. The predicted molar refractivity (Wildman–Crippen MR) is 84.8 cm³/mol. The van der Waals surface area contributed by atoms with E-state index in [0.29, 0.717) is 37.0 Å². The van der Waals surface area contributed by atoms with Gasteiger partial charge in [0, 0.05) is 13.7 Å². The Morgan fingerprint density at radius 3 is 2.50 bits per heavy atom. The third-order valence-corrected chi connectivity index (χ3v) is 4.61. The zero-order valence-corrected chi connectivity index (χ0v) is 13.4. The number of halogens is 3. The van der Waals surface area contributed by atoms with Gasteiger partial charge in [0.15, 0.2) is 0 Å². The fourth-order valence-corrected chi connectivity index (χ4v) is 3.46. The molecule has 1 unspecified atom stereocenters. The fourth-order valence-electron chi connectivity index (χ4n) is 3.46. The minimum Gasteiger partial charge on any atom is -0.385 e. The summed E-state index contributed by atoms with van der Waals surface area (Å²) in [5, 5.41) is 11.4. The minimum absolute atomic E-state index is 0.312. The highest BCUT2D eigenvalue weighted by atomic mass is 19.4. The molecule has 1 atom stereocenters. The molecule has 5 heteroatoms. The summed E-state index contributed by atoms with van der Waals surface area (Å²) in [5.74, 6) is 0. The molecule has 2 nitrogen and oxygen atoms in total. The SMILES string of the molecule is COCCCC1(O)c2ccccc2Cc2ccc(C(F)(F)F)cc21. The van der Waals surface area contributed by atoms with Crippen LogP contribution in [0.15, 0.2) is 42.5 Å². The summed E-state index contributed by atoms with van der Waals surface area (Å²) in [5.41, 5.74) is 0.571. The average Bonchev–Trinajstić information content (AvgIpc) is 2.54. The largest absolute Gasteiger partial charge is 0.416 e. The normalized spacial score (nSPS) is 19.7. The van der Waals surface area contributed by atoms with Crippen molar-refractivity contribution in [1.29, 1.82) is 0 Å². The first-order chi connectivity index (χ1) is 11.4. The number of aliphatic hydroxyl groups is 1. The van der Waals surface area contributed by atoms with E-state index in [1.165, 1.54) is 6.07 Å². The first-order valence-corrected chi connectivity index (χ1v) is 7.86. The van der Waals surface area contributed by atoms with Gasteiger partial charge in [0.05, 0.1) is 5.56 Å². The summed E-state index contributed by atoms with van der Waals surface area (Å²) in [4.78, 5) is 0. The zero-order chi connectivity index (χ0) is 17.4. The van der Waals surface area contributed by atoms with E-state index in [9.17, 15) is 18.3 Å². The van der Waals surface area contributed by atoms with Crippen LogP contribution in [0.5, 0.6) is 0 Å². The smallest absolute Gasteiger partial charge is 0.385 e. The molecule has 24 heavy (non-hydrogen) atoms. The van der Waals surface area contributed by atoms with Crippen molar-refractivity contribution in [3.05, 3.63) is 70.3 Å². The number of hydrogen-bond donors (Lipinski definition) is 1. The highest BCUT2D eigenvalue weighted by molar-refractivity contribution is 5.52. The van der Waals surface area contributed by atoms with E-state index in [-0.39, 0.29) is 0 Å². The molecule has 0 saturated heterocycles. The number of hydrogen-bond acceptors (Lipinski definition) is 2. The van der Waals surface area contributed by atoms with Crippen LogP contribution in [0.1, 0.15) is 40.7 Å². The van der Waals surface area contributed by atoms with Gasteiger partial charge in [0.25, 0.3) is 0 Å². The Morgan fingerprint density at radius 2 is 1.79 bits per heavy atom. The highest BCUT2D eigenvalue weighted by Crippen LogP contribution is 2.44. The third-order valence-electron chi connectivity index (χ3n) is 4.61. The highest BCUT2D eigenvalue weighted by Gasteiger charge is 2.40. The molecular formula is C19H19F3O2. The Morgan fingerprint density at radius 1 is 1.08 bits per heavy atom. The fraction of sp³-hybridized carbons (Fsp3) is 0.368. The molecule has 3 rings (SSSR count). The van der Waals surface area contributed by atoms with Gasteiger partial charge < -0.3 is 9.84 Å². The lowest BCUT2D eigenvalue weighted by Crippen LogP contribution is -2.34. The first-order valence-electron chi connectivity index (χ1n) is 7.86. The van der Waals surface area contributed by atoms with Crippen molar-refractivity contribution < 1.29 is 23.0 Å². The molecule has 0 amide bonds. The van der Waals surface area contributed by atoms with Crippen molar-refractivity contribution >= 4 is 0 Å². The predicted octanol–water partition coefficient (Wildman–Crippen LogP) is 4.27. The molecular weight excluding hydrogens is 317 g/mol. The maximum absolute atomic E-state index is 13.1. The number of fused-ring (bicyclic) bond motifs is 2. The summed E-state index contributed by atoms with van der Waals surface area (Å²) in [6.07, 6.45) is -3.04. The van der Waals surface area contributed by atoms with Gasteiger partial charge in [-0.05, 0) is 53.6 Å². The van der Waals surface area contributed by atoms with Crippen LogP contribution < -0.4 is 0 Å². The Balaban J connectivity index is 2.12. The Bertz CT molecular complexity index is 740. The minimum atomic E-state index is -4.43. The maximum Gasteiger partial charge on any atom is 0.416 e. The summed E-state index contributed by atoms with van der Waals surface area (Å²) in [6, 6.07) is 11.1. The van der Waals surface area contributed by atoms with Gasteiger partial charge in [0.1, 0.15) is 5.60 Å². The second kappa shape index (κ2) is 6.22. The standard InChI is InChI=1S/C19H19F3O2/c1-24-10-4-9-18(23)16-6-3-2-5-13(16)11-14-7-8-15(12-17(14)18)19(20,21)22/h2-3,5-8,12,23H,4,9-11H2,1H3. The van der Waals surface area contributed by atoms with E-state index in [2.05, 4.69) is 0 Å². The Hall–Kier alpha value is -1.85.